The molecule has 0 saturated heterocycles. The first-order valence-corrected chi connectivity index (χ1v) is 13.8. The minimum atomic E-state index is -0.0266. The molecule has 0 aliphatic heterocycles. The van der Waals surface area contributed by atoms with E-state index >= 15 is 0 Å². The number of nitrogens with zero attached hydrogens (tertiary/aromatic N) is 4. The number of benzene rings is 2. The number of hydrogen-bond acceptors (Lipinski definition) is 6. The van der Waals surface area contributed by atoms with Crippen molar-refractivity contribution in [2.24, 2.45) is 11.8 Å². The highest BCUT2D eigenvalue weighted by atomic mass is 32.1. The summed E-state index contributed by atoms with van der Waals surface area (Å²) < 4.78 is 0. The molecule has 1 amide bonds. The Bertz CT molecular complexity index is 1130. The minimum Gasteiger partial charge on any atom is -0.336 e. The zero-order chi connectivity index (χ0) is 26.8. The number of hydrogen-bond donors (Lipinski definition) is 2. The second kappa shape index (κ2) is 14.1. The zero-order valence-corrected chi connectivity index (χ0v) is 23.2. The van der Waals surface area contributed by atoms with Crippen LogP contribution in [0.2, 0.25) is 0 Å². The van der Waals surface area contributed by atoms with Gasteiger partial charge in [0.15, 0.2) is 0 Å². The lowest BCUT2D eigenvalue weighted by Gasteiger charge is -2.30. The van der Waals surface area contributed by atoms with Crippen molar-refractivity contribution in [2.45, 2.75) is 72.4 Å². The quantitative estimate of drug-likeness (QED) is 0.254. The highest BCUT2D eigenvalue weighted by molar-refractivity contribution is 7.80. The molecule has 0 spiro atoms. The van der Waals surface area contributed by atoms with Gasteiger partial charge >= 0.3 is 0 Å². The Labute approximate surface area is 225 Å². The van der Waals surface area contributed by atoms with Crippen molar-refractivity contribution in [3.05, 3.63) is 54.1 Å². The van der Waals surface area contributed by atoms with Crippen LogP contribution in [0.5, 0.6) is 0 Å². The van der Waals surface area contributed by atoms with Crippen LogP contribution < -0.4 is 0 Å². The molecule has 37 heavy (non-hydrogen) atoms. The molecular weight excluding hydrogens is 482 g/mol. The fraction of sp³-hybridized carbons (Fsp3) is 0.483. The van der Waals surface area contributed by atoms with Crippen LogP contribution in [0, 0.1) is 11.8 Å². The molecule has 3 rings (SSSR count). The highest BCUT2D eigenvalue weighted by Gasteiger charge is 2.23. The van der Waals surface area contributed by atoms with E-state index in [0.29, 0.717) is 43.3 Å². The van der Waals surface area contributed by atoms with E-state index in [2.05, 4.69) is 78.3 Å². The molecule has 0 bridgehead atoms. The van der Waals surface area contributed by atoms with Gasteiger partial charge in [-0.15, -0.1) is 10.2 Å². The van der Waals surface area contributed by atoms with Gasteiger partial charge in [-0.05, 0) is 59.8 Å². The van der Waals surface area contributed by atoms with E-state index in [0.717, 1.165) is 35.1 Å². The van der Waals surface area contributed by atoms with Gasteiger partial charge in [0, 0.05) is 36.9 Å². The number of rotatable bonds is 14. The number of amides is 1. The van der Waals surface area contributed by atoms with E-state index in [1.807, 2.05) is 36.1 Å². The predicted molar refractivity (Wildman–Crippen MR) is 151 cm³/mol. The predicted octanol–water partition coefficient (Wildman–Crippen LogP) is 5.99. The van der Waals surface area contributed by atoms with Crippen molar-refractivity contribution < 1.29 is 9.59 Å². The Balaban J connectivity index is 1.72. The average Bonchev–Trinajstić information content (AvgIpc) is 3.44. The minimum absolute atomic E-state index is 0.0156. The Morgan fingerprint density at radius 1 is 1.00 bits per heavy atom. The second-order valence-electron chi connectivity index (χ2n) is 10.1. The average molecular weight is 522 g/mol. The molecule has 3 aromatic rings. The number of aromatic amines is 1. The van der Waals surface area contributed by atoms with Crippen LogP contribution in [0.25, 0.3) is 22.5 Å². The Morgan fingerprint density at radius 3 is 2.30 bits per heavy atom. The van der Waals surface area contributed by atoms with E-state index < -0.39 is 0 Å². The van der Waals surface area contributed by atoms with Crippen molar-refractivity contribution in [2.75, 3.05) is 5.75 Å². The van der Waals surface area contributed by atoms with Crippen LogP contribution in [0.1, 0.15) is 65.4 Å². The van der Waals surface area contributed by atoms with E-state index in [1.54, 1.807) is 0 Å². The van der Waals surface area contributed by atoms with E-state index in [-0.39, 0.29) is 23.7 Å². The fourth-order valence-corrected chi connectivity index (χ4v) is 4.98. The number of tetrazole rings is 1. The summed E-state index contributed by atoms with van der Waals surface area (Å²) >= 11 is 4.40. The van der Waals surface area contributed by atoms with Crippen LogP contribution in [0.4, 0.5) is 0 Å². The van der Waals surface area contributed by atoms with Gasteiger partial charge in [0.05, 0.1) is 0 Å². The van der Waals surface area contributed by atoms with Gasteiger partial charge in [-0.3, -0.25) is 9.59 Å². The fourth-order valence-electron chi connectivity index (χ4n) is 4.63. The molecule has 7 nitrogen and oxygen atoms in total. The summed E-state index contributed by atoms with van der Waals surface area (Å²) in [6, 6.07) is 16.2. The van der Waals surface area contributed by atoms with Gasteiger partial charge in [0.25, 0.3) is 0 Å². The molecule has 0 radical (unpaired) electrons. The largest absolute Gasteiger partial charge is 0.336 e. The molecule has 0 saturated carbocycles. The lowest BCUT2D eigenvalue weighted by molar-refractivity contribution is -0.134. The molecule has 1 unspecified atom stereocenters. The summed E-state index contributed by atoms with van der Waals surface area (Å²) in [5.74, 6) is 1.95. The van der Waals surface area contributed by atoms with Crippen LogP contribution in [0.15, 0.2) is 48.5 Å². The molecule has 1 aromatic heterocycles. The summed E-state index contributed by atoms with van der Waals surface area (Å²) in [7, 11) is 0. The molecule has 0 aliphatic carbocycles. The summed E-state index contributed by atoms with van der Waals surface area (Å²) in [5.41, 5.74) is 4.01. The number of nitrogens with one attached hydrogen (secondary N) is 1. The highest BCUT2D eigenvalue weighted by Crippen LogP contribution is 2.30. The number of carbonyl (C=O) groups excluding carboxylic acids is 2. The normalized spacial score (nSPS) is 12.9. The number of ketones is 1. The lowest BCUT2D eigenvalue weighted by atomic mass is 9.91. The first-order valence-electron chi connectivity index (χ1n) is 13.2. The van der Waals surface area contributed by atoms with Crippen molar-refractivity contribution in [3.63, 3.8) is 0 Å². The molecule has 0 aliphatic rings. The first-order chi connectivity index (χ1) is 17.8. The molecule has 1 N–H and O–H groups in total. The molecule has 0 fully saturated rings. The molecule has 198 valence electrons. The molecule has 2 aromatic carbocycles. The van der Waals surface area contributed by atoms with Crippen molar-refractivity contribution in [3.8, 4) is 22.5 Å². The van der Waals surface area contributed by atoms with Crippen molar-refractivity contribution in [1.29, 1.82) is 0 Å². The SMILES string of the molecule is CCCC(=O)N(Cc1ccc(-c2ccccc2-c2nn[nH]n2)cc1)[C@@H](C)CCC(=O)C(CS)CC(C)C. The van der Waals surface area contributed by atoms with Crippen molar-refractivity contribution >= 4 is 24.3 Å². The molecular formula is C29H39N5O2S. The van der Waals surface area contributed by atoms with Gasteiger partial charge in [-0.1, -0.05) is 69.3 Å². The smallest absolute Gasteiger partial charge is 0.223 e. The van der Waals surface area contributed by atoms with Crippen LogP contribution >= 0.6 is 12.6 Å². The van der Waals surface area contributed by atoms with Crippen LogP contribution in [-0.2, 0) is 16.1 Å². The molecule has 2 atom stereocenters. The third-order valence-corrected chi connectivity index (χ3v) is 7.13. The number of carbonyl (C=O) groups is 2. The van der Waals surface area contributed by atoms with E-state index in [4.69, 9.17) is 0 Å². The Kier molecular flexibility index (Phi) is 10.9. The monoisotopic (exact) mass is 521 g/mol. The topological polar surface area (TPSA) is 91.8 Å². The van der Waals surface area contributed by atoms with Gasteiger partial charge in [0.2, 0.25) is 11.7 Å². The van der Waals surface area contributed by atoms with Gasteiger partial charge < -0.3 is 4.90 Å². The maximum atomic E-state index is 13.0. The van der Waals surface area contributed by atoms with Gasteiger partial charge in [0.1, 0.15) is 5.78 Å². The summed E-state index contributed by atoms with van der Waals surface area (Å²) in [5, 5.41) is 14.4. The third-order valence-electron chi connectivity index (χ3n) is 6.69. The van der Waals surface area contributed by atoms with E-state index in [1.165, 1.54) is 0 Å². The standard InChI is InChI=1S/C29H39N5O2S/c1-5-8-28(36)34(21(4)11-16-27(35)24(19-37)17-20(2)3)18-22-12-14-23(15-13-22)25-9-6-7-10-26(25)29-30-32-33-31-29/h6-7,9-10,12-15,20-21,24,37H,5,8,11,16-19H2,1-4H3,(H,30,31,32,33)/t21-,24?/m0/s1. The number of thiol groups is 1. The zero-order valence-electron chi connectivity index (χ0n) is 22.4. The van der Waals surface area contributed by atoms with Crippen LogP contribution in [0.3, 0.4) is 0 Å². The Morgan fingerprint density at radius 2 is 1.70 bits per heavy atom. The van der Waals surface area contributed by atoms with Crippen molar-refractivity contribution in [1.82, 2.24) is 25.5 Å². The summed E-state index contributed by atoms with van der Waals surface area (Å²) in [4.78, 5) is 27.8. The maximum absolute atomic E-state index is 13.0. The lowest BCUT2D eigenvalue weighted by Crippen LogP contribution is -2.38. The summed E-state index contributed by atoms with van der Waals surface area (Å²) in [6.07, 6.45) is 3.29. The molecule has 8 heteroatoms. The summed E-state index contributed by atoms with van der Waals surface area (Å²) in [6.45, 7) is 8.85. The molecule has 1 heterocycles. The van der Waals surface area contributed by atoms with Crippen LogP contribution in [-0.4, -0.2) is 49.0 Å². The van der Waals surface area contributed by atoms with Gasteiger partial charge in [-0.25, -0.2) is 0 Å². The maximum Gasteiger partial charge on any atom is 0.223 e. The Hall–Kier alpha value is -3.00. The van der Waals surface area contributed by atoms with Gasteiger partial charge in [-0.2, -0.15) is 17.8 Å². The third kappa shape index (κ3) is 7.99. The second-order valence-corrected chi connectivity index (χ2v) is 10.5. The van der Waals surface area contributed by atoms with E-state index in [9.17, 15) is 9.59 Å². The number of Topliss-reactive ketones (excluding diaryl/α,β-unsaturated/α-hetero) is 1. The first kappa shape index (κ1) is 28.6. The number of H-pyrrole nitrogens is 1. The number of aromatic nitrogens is 4.